The molecular weight excluding hydrogens is 608 g/mol. The molecule has 0 bridgehead atoms. The highest BCUT2D eigenvalue weighted by atomic mass is 16.7. The molecule has 3 aromatic carbocycles. The summed E-state index contributed by atoms with van der Waals surface area (Å²) >= 11 is 0. The van der Waals surface area contributed by atoms with Gasteiger partial charge in [0.2, 0.25) is 12.2 Å². The second-order valence-corrected chi connectivity index (χ2v) is 12.7. The van der Waals surface area contributed by atoms with Crippen LogP contribution in [-0.2, 0) is 43.2 Å². The number of ether oxygens (including phenoxy) is 3. The first-order valence-electron chi connectivity index (χ1n) is 16.5. The van der Waals surface area contributed by atoms with E-state index in [1.54, 1.807) is 11.9 Å². The standard InChI is InChI=1S/C38H40N4O6/c1-4-26-29(32-34(43)40(2)37(44)41(3)35(32)48-36(26)46-22-24-13-7-5-8-14-24)21-31-33-28(27-17-11-12-18-30(27)39-33)19-20-42(31)38(45)47-23-25-15-9-6-10-16-25/h5-18,26,29,31,36,39H,4,19-23H2,1-3H3/t26-,29-,31+,36-/m0/s1. The summed E-state index contributed by atoms with van der Waals surface area (Å²) in [5, 5.41) is 1.12. The van der Waals surface area contributed by atoms with E-state index in [4.69, 9.17) is 14.2 Å². The second kappa shape index (κ2) is 13.2. The Morgan fingerprint density at radius 3 is 2.27 bits per heavy atom. The number of hydrogen-bond donors (Lipinski definition) is 1. The Labute approximate surface area is 278 Å². The summed E-state index contributed by atoms with van der Waals surface area (Å²) in [7, 11) is 3.10. The summed E-state index contributed by atoms with van der Waals surface area (Å²) in [6.45, 7) is 2.96. The maximum atomic E-state index is 14.0. The highest BCUT2D eigenvalue weighted by Crippen LogP contribution is 2.47. The van der Waals surface area contributed by atoms with Crippen LogP contribution in [0.25, 0.3) is 10.9 Å². The van der Waals surface area contributed by atoms with Gasteiger partial charge in [-0.3, -0.25) is 18.8 Å². The summed E-state index contributed by atoms with van der Waals surface area (Å²) in [5.41, 5.74) is 4.52. The number of H-pyrrole nitrogens is 1. The Morgan fingerprint density at radius 2 is 1.56 bits per heavy atom. The van der Waals surface area contributed by atoms with Gasteiger partial charge in [0.25, 0.3) is 5.56 Å². The normalized spacial score (nSPS) is 20.2. The van der Waals surface area contributed by atoms with Gasteiger partial charge in [-0.15, -0.1) is 0 Å². The molecule has 1 N–H and O–H groups in total. The molecule has 0 fully saturated rings. The molecule has 1 amide bonds. The number of benzene rings is 3. The van der Waals surface area contributed by atoms with E-state index in [1.165, 1.54) is 11.6 Å². The number of nitrogens with zero attached hydrogens (tertiary/aromatic N) is 3. The largest absolute Gasteiger partial charge is 0.449 e. The van der Waals surface area contributed by atoms with Crippen molar-refractivity contribution >= 4 is 17.0 Å². The molecule has 4 heterocycles. The van der Waals surface area contributed by atoms with E-state index in [0.717, 1.165) is 37.9 Å². The maximum Gasteiger partial charge on any atom is 0.410 e. The molecule has 10 nitrogen and oxygen atoms in total. The van der Waals surface area contributed by atoms with Crippen molar-refractivity contribution in [2.45, 2.75) is 57.6 Å². The van der Waals surface area contributed by atoms with Crippen molar-refractivity contribution in [3.05, 3.63) is 134 Å². The van der Waals surface area contributed by atoms with Gasteiger partial charge >= 0.3 is 11.8 Å². The number of carbonyl (C=O) groups excluding carboxylic acids is 1. The van der Waals surface area contributed by atoms with Gasteiger partial charge < -0.3 is 19.2 Å². The molecule has 0 saturated heterocycles. The van der Waals surface area contributed by atoms with Crippen LogP contribution in [0.3, 0.4) is 0 Å². The molecule has 2 aromatic heterocycles. The first-order chi connectivity index (χ1) is 23.4. The summed E-state index contributed by atoms with van der Waals surface area (Å²) in [6, 6.07) is 27.2. The zero-order valence-corrected chi connectivity index (χ0v) is 27.4. The Hall–Kier alpha value is -5.09. The van der Waals surface area contributed by atoms with Crippen LogP contribution >= 0.6 is 0 Å². The Kier molecular flexibility index (Phi) is 8.66. The van der Waals surface area contributed by atoms with Gasteiger partial charge in [0, 0.05) is 49.1 Å². The smallest absolute Gasteiger partial charge is 0.410 e. The van der Waals surface area contributed by atoms with Crippen LogP contribution in [0, 0.1) is 5.92 Å². The van der Waals surface area contributed by atoms with Crippen LogP contribution in [0.2, 0.25) is 0 Å². The van der Waals surface area contributed by atoms with Crippen molar-refractivity contribution in [3.63, 3.8) is 0 Å². The van der Waals surface area contributed by atoms with Gasteiger partial charge in [0.15, 0.2) is 0 Å². The van der Waals surface area contributed by atoms with E-state index in [1.807, 2.05) is 78.9 Å². The molecule has 0 radical (unpaired) electrons. The summed E-state index contributed by atoms with van der Waals surface area (Å²) in [6.07, 6.45) is 0.554. The Bertz CT molecular complexity index is 2050. The van der Waals surface area contributed by atoms with E-state index >= 15 is 0 Å². The minimum absolute atomic E-state index is 0.151. The molecule has 4 atom stereocenters. The predicted octanol–water partition coefficient (Wildman–Crippen LogP) is 5.94. The molecule has 0 spiro atoms. The van der Waals surface area contributed by atoms with E-state index in [9.17, 15) is 14.4 Å². The van der Waals surface area contributed by atoms with Gasteiger partial charge in [-0.1, -0.05) is 85.8 Å². The van der Waals surface area contributed by atoms with E-state index in [-0.39, 0.29) is 18.4 Å². The summed E-state index contributed by atoms with van der Waals surface area (Å²) in [5.74, 6) is -0.443. The van der Waals surface area contributed by atoms with Gasteiger partial charge in [-0.2, -0.15) is 0 Å². The number of amides is 1. The molecule has 0 aliphatic carbocycles. The minimum Gasteiger partial charge on any atom is -0.449 e. The van der Waals surface area contributed by atoms with Gasteiger partial charge in [-0.05, 0) is 42.0 Å². The molecule has 7 rings (SSSR count). The molecule has 2 aliphatic heterocycles. The third-order valence-electron chi connectivity index (χ3n) is 9.91. The first kappa shape index (κ1) is 31.5. The number of rotatable bonds is 8. The second-order valence-electron chi connectivity index (χ2n) is 12.7. The van der Waals surface area contributed by atoms with Crippen LogP contribution < -0.4 is 16.0 Å². The SMILES string of the molecule is CC[C@@H]1[C@@H](OCc2ccccc2)Oc2c(c(=O)n(C)c(=O)n2C)[C@H]1C[C@@H]1c2[nH]c3ccccc3c2CCN1C(=O)OCc1ccccc1. The van der Waals surface area contributed by atoms with Crippen LogP contribution in [0.4, 0.5) is 4.79 Å². The monoisotopic (exact) mass is 648 g/mol. The highest BCUT2D eigenvalue weighted by Gasteiger charge is 2.45. The lowest BCUT2D eigenvalue weighted by molar-refractivity contribution is -0.146. The Balaban J connectivity index is 1.30. The molecule has 5 aromatic rings. The molecule has 2 aliphatic rings. The topological polar surface area (TPSA) is 108 Å². The van der Waals surface area contributed by atoms with E-state index in [2.05, 4.69) is 18.0 Å². The number of hydrogen-bond acceptors (Lipinski definition) is 6. The van der Waals surface area contributed by atoms with E-state index < -0.39 is 35.6 Å². The lowest BCUT2D eigenvalue weighted by Crippen LogP contribution is -2.49. The van der Waals surface area contributed by atoms with Crippen molar-refractivity contribution in [1.29, 1.82) is 0 Å². The minimum atomic E-state index is -0.727. The van der Waals surface area contributed by atoms with Crippen LogP contribution in [0.15, 0.2) is 94.5 Å². The van der Waals surface area contributed by atoms with Gasteiger partial charge in [0.05, 0.1) is 18.2 Å². The molecule has 0 unspecified atom stereocenters. The third-order valence-corrected chi connectivity index (χ3v) is 9.91. The van der Waals surface area contributed by atoms with Gasteiger partial charge in [-0.25, -0.2) is 9.59 Å². The van der Waals surface area contributed by atoms with Crippen LogP contribution in [-0.4, -0.2) is 37.9 Å². The average molecular weight is 649 g/mol. The molecule has 0 saturated carbocycles. The number of aromatic nitrogens is 3. The number of nitrogens with one attached hydrogen (secondary N) is 1. The number of carbonyl (C=O) groups is 1. The molecule has 248 valence electrons. The quantitative estimate of drug-likeness (QED) is 0.223. The van der Waals surface area contributed by atoms with Crippen LogP contribution in [0.5, 0.6) is 5.88 Å². The van der Waals surface area contributed by atoms with Crippen molar-refractivity contribution in [2.24, 2.45) is 20.0 Å². The van der Waals surface area contributed by atoms with Crippen molar-refractivity contribution in [1.82, 2.24) is 19.0 Å². The zero-order chi connectivity index (χ0) is 33.4. The lowest BCUT2D eigenvalue weighted by Gasteiger charge is -2.42. The Morgan fingerprint density at radius 1 is 0.896 bits per heavy atom. The molecule has 10 heteroatoms. The maximum absolute atomic E-state index is 14.0. The summed E-state index contributed by atoms with van der Waals surface area (Å²) in [4.78, 5) is 46.4. The molecular formula is C38H40N4O6. The fourth-order valence-corrected chi connectivity index (χ4v) is 7.42. The fraction of sp³-hybridized carbons (Fsp3) is 0.342. The zero-order valence-electron chi connectivity index (χ0n) is 27.4. The number of aromatic amines is 1. The van der Waals surface area contributed by atoms with Crippen molar-refractivity contribution in [3.8, 4) is 5.88 Å². The van der Waals surface area contributed by atoms with Gasteiger partial charge in [0.1, 0.15) is 6.61 Å². The highest BCUT2D eigenvalue weighted by molar-refractivity contribution is 5.85. The predicted molar refractivity (Wildman–Crippen MR) is 182 cm³/mol. The average Bonchev–Trinajstić information content (AvgIpc) is 3.51. The summed E-state index contributed by atoms with van der Waals surface area (Å²) < 4.78 is 21.3. The number of para-hydroxylation sites is 1. The third kappa shape index (κ3) is 5.70. The molecule has 48 heavy (non-hydrogen) atoms. The van der Waals surface area contributed by atoms with E-state index in [0.29, 0.717) is 38.0 Å². The van der Waals surface area contributed by atoms with Crippen molar-refractivity contribution < 1.29 is 19.0 Å². The first-order valence-corrected chi connectivity index (χ1v) is 16.5. The van der Waals surface area contributed by atoms with Crippen molar-refractivity contribution in [2.75, 3.05) is 6.54 Å². The van der Waals surface area contributed by atoms with Crippen LogP contribution in [0.1, 0.15) is 59.7 Å². The number of fused-ring (bicyclic) bond motifs is 4. The fourth-order valence-electron chi connectivity index (χ4n) is 7.42. The lowest BCUT2D eigenvalue weighted by atomic mass is 9.77.